The Morgan fingerprint density at radius 2 is 2.17 bits per heavy atom. The molecule has 1 aromatic carbocycles. The summed E-state index contributed by atoms with van der Waals surface area (Å²) in [6, 6.07) is 5.42. The van der Waals surface area contributed by atoms with Crippen LogP contribution in [0.25, 0.3) is 0 Å². The van der Waals surface area contributed by atoms with Crippen LogP contribution in [0.1, 0.15) is 34.3 Å². The van der Waals surface area contributed by atoms with E-state index in [1.54, 1.807) is 12.1 Å². The van der Waals surface area contributed by atoms with Crippen LogP contribution in [0.3, 0.4) is 0 Å². The molecule has 0 aromatic heterocycles. The third-order valence-electron chi connectivity index (χ3n) is 2.22. The molecule has 2 heteroatoms. The third kappa shape index (κ3) is 0.881. The van der Waals surface area contributed by atoms with Crippen molar-refractivity contribution in [1.29, 1.82) is 0 Å². The number of fused-ring (bicyclic) bond motifs is 1. The van der Waals surface area contributed by atoms with Crippen molar-refractivity contribution in [3.05, 3.63) is 34.9 Å². The summed E-state index contributed by atoms with van der Waals surface area (Å²) in [5, 5.41) is 0. The standard InChI is InChI=1S/C10H8O2/c1-6(12)7-2-3-8-9(4-7)10(8)5-11/h2-5,10H,1H3. The molecule has 0 bridgehead atoms. The second-order valence-electron chi connectivity index (χ2n) is 3.01. The highest BCUT2D eigenvalue weighted by Gasteiger charge is 2.32. The van der Waals surface area contributed by atoms with Crippen LogP contribution >= 0.6 is 0 Å². The highest BCUT2D eigenvalue weighted by atomic mass is 16.1. The average Bonchev–Trinajstić information content (AvgIpc) is 2.75. The molecule has 0 heterocycles. The van der Waals surface area contributed by atoms with E-state index in [1.165, 1.54) is 6.92 Å². The summed E-state index contributed by atoms with van der Waals surface area (Å²) in [4.78, 5) is 21.3. The molecule has 1 aliphatic rings. The Balaban J connectivity index is 2.39. The fourth-order valence-electron chi connectivity index (χ4n) is 1.41. The molecule has 0 amide bonds. The fourth-order valence-corrected chi connectivity index (χ4v) is 1.41. The quantitative estimate of drug-likeness (QED) is 0.485. The SMILES string of the molecule is CC(=O)c1ccc2c(c1)C2C=O. The van der Waals surface area contributed by atoms with Gasteiger partial charge in [-0.2, -0.15) is 0 Å². The molecule has 0 saturated carbocycles. The molecule has 60 valence electrons. The Bertz CT molecular complexity index is 366. The molecule has 2 nitrogen and oxygen atoms in total. The van der Waals surface area contributed by atoms with Gasteiger partial charge < -0.3 is 4.79 Å². The van der Waals surface area contributed by atoms with Gasteiger partial charge in [0.25, 0.3) is 0 Å². The van der Waals surface area contributed by atoms with Crippen molar-refractivity contribution in [1.82, 2.24) is 0 Å². The zero-order chi connectivity index (χ0) is 8.72. The normalized spacial score (nSPS) is 18.2. The predicted molar refractivity (Wildman–Crippen MR) is 44.4 cm³/mol. The topological polar surface area (TPSA) is 34.1 Å². The lowest BCUT2D eigenvalue weighted by Crippen LogP contribution is -1.88. The molecule has 0 spiro atoms. The molecule has 12 heavy (non-hydrogen) atoms. The van der Waals surface area contributed by atoms with Crippen LogP contribution in [0.5, 0.6) is 0 Å². The van der Waals surface area contributed by atoms with E-state index >= 15 is 0 Å². The maximum atomic E-state index is 10.9. The van der Waals surface area contributed by atoms with Crippen molar-refractivity contribution < 1.29 is 9.59 Å². The number of carbonyl (C=O) groups is 2. The van der Waals surface area contributed by atoms with Gasteiger partial charge >= 0.3 is 0 Å². The lowest BCUT2D eigenvalue weighted by atomic mass is 10.2. The minimum Gasteiger partial charge on any atom is -0.302 e. The Morgan fingerprint density at radius 3 is 2.75 bits per heavy atom. The maximum Gasteiger partial charge on any atom is 0.159 e. The maximum absolute atomic E-state index is 10.9. The zero-order valence-corrected chi connectivity index (χ0v) is 6.70. The first-order chi connectivity index (χ1) is 5.74. The molecule has 1 atom stereocenters. The zero-order valence-electron chi connectivity index (χ0n) is 6.70. The van der Waals surface area contributed by atoms with Crippen molar-refractivity contribution in [2.24, 2.45) is 0 Å². The Labute approximate surface area is 70.2 Å². The summed E-state index contributed by atoms with van der Waals surface area (Å²) in [6.07, 6.45) is 0.911. The molecule has 1 unspecified atom stereocenters. The van der Waals surface area contributed by atoms with Crippen molar-refractivity contribution in [2.75, 3.05) is 0 Å². The van der Waals surface area contributed by atoms with Gasteiger partial charge in [0.1, 0.15) is 6.29 Å². The molecule has 0 fully saturated rings. The van der Waals surface area contributed by atoms with E-state index < -0.39 is 0 Å². The van der Waals surface area contributed by atoms with E-state index in [0.717, 1.165) is 17.4 Å². The van der Waals surface area contributed by atoms with E-state index in [0.29, 0.717) is 5.56 Å². The monoisotopic (exact) mass is 160 g/mol. The van der Waals surface area contributed by atoms with Crippen molar-refractivity contribution in [3.8, 4) is 0 Å². The van der Waals surface area contributed by atoms with Crippen molar-refractivity contribution in [3.63, 3.8) is 0 Å². The van der Waals surface area contributed by atoms with Gasteiger partial charge in [-0.05, 0) is 24.1 Å². The van der Waals surface area contributed by atoms with Crippen LogP contribution in [0, 0.1) is 0 Å². The number of carbonyl (C=O) groups excluding carboxylic acids is 2. The molecule has 1 aromatic rings. The van der Waals surface area contributed by atoms with E-state index in [4.69, 9.17) is 0 Å². The van der Waals surface area contributed by atoms with Gasteiger partial charge in [-0.3, -0.25) is 4.79 Å². The average molecular weight is 160 g/mol. The number of benzene rings is 1. The molecule has 0 radical (unpaired) electrons. The highest BCUT2D eigenvalue weighted by Crippen LogP contribution is 2.41. The van der Waals surface area contributed by atoms with Gasteiger partial charge in [0, 0.05) is 5.56 Å². The van der Waals surface area contributed by atoms with Gasteiger partial charge in [0.05, 0.1) is 5.92 Å². The summed E-state index contributed by atoms with van der Waals surface area (Å²) >= 11 is 0. The summed E-state index contributed by atoms with van der Waals surface area (Å²) in [5.41, 5.74) is 2.77. The number of Topliss-reactive ketones (excluding diaryl/α,β-unsaturated/α-hetero) is 1. The first-order valence-corrected chi connectivity index (χ1v) is 3.84. The summed E-state index contributed by atoms with van der Waals surface area (Å²) in [7, 11) is 0. The molecule has 2 rings (SSSR count). The molecular weight excluding hydrogens is 152 g/mol. The smallest absolute Gasteiger partial charge is 0.159 e. The number of ketones is 1. The van der Waals surface area contributed by atoms with E-state index in [9.17, 15) is 9.59 Å². The van der Waals surface area contributed by atoms with Crippen LogP contribution in [0.4, 0.5) is 0 Å². The third-order valence-corrected chi connectivity index (χ3v) is 2.22. The minimum absolute atomic E-state index is 0.0295. The van der Waals surface area contributed by atoms with Crippen LogP contribution < -0.4 is 0 Å². The van der Waals surface area contributed by atoms with Gasteiger partial charge in [-0.15, -0.1) is 0 Å². The highest BCUT2D eigenvalue weighted by molar-refractivity contribution is 5.96. The van der Waals surface area contributed by atoms with E-state index in [1.807, 2.05) is 6.07 Å². The van der Waals surface area contributed by atoms with Gasteiger partial charge in [-0.25, -0.2) is 0 Å². The van der Waals surface area contributed by atoms with Gasteiger partial charge in [0.2, 0.25) is 0 Å². The largest absolute Gasteiger partial charge is 0.302 e. The molecule has 0 saturated heterocycles. The van der Waals surface area contributed by atoms with E-state index in [-0.39, 0.29) is 11.7 Å². The van der Waals surface area contributed by atoms with Crippen LogP contribution in [0.2, 0.25) is 0 Å². The van der Waals surface area contributed by atoms with Crippen molar-refractivity contribution >= 4 is 12.1 Å². The first kappa shape index (κ1) is 7.22. The lowest BCUT2D eigenvalue weighted by Gasteiger charge is -1.89. The van der Waals surface area contributed by atoms with Crippen molar-refractivity contribution in [2.45, 2.75) is 12.8 Å². The number of hydrogen-bond donors (Lipinski definition) is 0. The molecule has 1 aliphatic carbocycles. The summed E-state index contributed by atoms with van der Waals surface area (Å²) in [6.45, 7) is 1.53. The lowest BCUT2D eigenvalue weighted by molar-refractivity contribution is -0.107. The van der Waals surface area contributed by atoms with Gasteiger partial charge in [0.15, 0.2) is 5.78 Å². The Hall–Kier alpha value is -1.44. The fraction of sp³-hybridized carbons (Fsp3) is 0.200. The van der Waals surface area contributed by atoms with Crippen LogP contribution in [-0.4, -0.2) is 12.1 Å². The molecule has 0 aliphatic heterocycles. The molecular formula is C10H8O2. The number of aldehydes is 1. The summed E-state index contributed by atoms with van der Waals surface area (Å²) in [5.74, 6) is 0.0208. The van der Waals surface area contributed by atoms with E-state index in [2.05, 4.69) is 0 Å². The predicted octanol–water partition coefficient (Wildman–Crippen LogP) is 1.53. The van der Waals surface area contributed by atoms with Gasteiger partial charge in [-0.1, -0.05) is 12.1 Å². The second-order valence-corrected chi connectivity index (χ2v) is 3.01. The van der Waals surface area contributed by atoms with Crippen LogP contribution in [0.15, 0.2) is 18.2 Å². The summed E-state index contributed by atoms with van der Waals surface area (Å²) < 4.78 is 0. The Kier molecular flexibility index (Phi) is 1.37. The molecule has 0 N–H and O–H groups in total. The Morgan fingerprint density at radius 1 is 1.42 bits per heavy atom. The first-order valence-electron chi connectivity index (χ1n) is 3.84. The second kappa shape index (κ2) is 2.27. The minimum atomic E-state index is -0.0295. The number of hydrogen-bond acceptors (Lipinski definition) is 2. The van der Waals surface area contributed by atoms with Crippen LogP contribution in [-0.2, 0) is 4.79 Å². The number of rotatable bonds is 2.